The Hall–Kier alpha value is -4.52. The largest absolute Gasteiger partial charge is 0.497 e. The van der Waals surface area contributed by atoms with Crippen LogP contribution in [-0.2, 0) is 12.6 Å². The second kappa shape index (κ2) is 14.3. The van der Waals surface area contributed by atoms with E-state index in [-0.39, 0.29) is 16.9 Å². The summed E-state index contributed by atoms with van der Waals surface area (Å²) in [6.07, 6.45) is -0.562. The van der Waals surface area contributed by atoms with Gasteiger partial charge in [-0.1, -0.05) is 26.8 Å². The molecule has 44 heavy (non-hydrogen) atoms. The number of aromatic nitrogens is 4. The summed E-state index contributed by atoms with van der Waals surface area (Å²) in [6.45, 7) is 9.91. The number of nitrogens with zero attached hydrogens (tertiary/aromatic N) is 5. The number of rotatable bonds is 13. The number of methoxy groups -OCH3 is 1. The van der Waals surface area contributed by atoms with Crippen LogP contribution >= 0.6 is 0 Å². The summed E-state index contributed by atoms with van der Waals surface area (Å²) in [5, 5.41) is 6.39. The topological polar surface area (TPSA) is 114 Å². The molecule has 0 aliphatic heterocycles. The highest BCUT2D eigenvalue weighted by Crippen LogP contribution is 2.30. The standard InChI is InChI=1S/C31H36F3N7O3/c1-5-26-25-19-36-29(35-13-8-9-14-40(6-2)7-3)38-27(25)39-30(43)41(26)23-16-22(17-24(18-23)44-4)37-28(42)20-11-10-12-21(15-20)31(32,33)34/h10-12,15-19H,5-9,13-14H2,1-4H3,(H,37,42)(H,35,38,39,43). The van der Waals surface area contributed by atoms with Crippen molar-refractivity contribution in [2.24, 2.45) is 0 Å². The maximum atomic E-state index is 13.4. The molecule has 0 saturated heterocycles. The Morgan fingerprint density at radius 3 is 2.50 bits per heavy atom. The van der Waals surface area contributed by atoms with Crippen LogP contribution in [0.25, 0.3) is 16.7 Å². The summed E-state index contributed by atoms with van der Waals surface area (Å²) in [5.41, 5.74) is -0.300. The Morgan fingerprint density at radius 1 is 1.05 bits per heavy atom. The normalized spacial score (nSPS) is 11.6. The average Bonchev–Trinajstić information content (AvgIpc) is 3.01. The van der Waals surface area contributed by atoms with Crippen molar-refractivity contribution in [3.05, 3.63) is 76.0 Å². The van der Waals surface area contributed by atoms with Crippen molar-refractivity contribution >= 4 is 28.6 Å². The minimum atomic E-state index is -4.59. The number of aryl methyl sites for hydroxylation is 1. The molecule has 0 fully saturated rings. The highest BCUT2D eigenvalue weighted by molar-refractivity contribution is 6.04. The van der Waals surface area contributed by atoms with E-state index in [0.29, 0.717) is 41.4 Å². The van der Waals surface area contributed by atoms with Gasteiger partial charge in [0.25, 0.3) is 5.91 Å². The molecule has 2 aromatic heterocycles. The number of carbonyl (C=O) groups excluding carboxylic acids is 1. The number of unbranched alkanes of at least 4 members (excludes halogenated alkanes) is 1. The first kappa shape index (κ1) is 32.4. The smallest absolute Gasteiger partial charge is 0.416 e. The lowest BCUT2D eigenvalue weighted by Crippen LogP contribution is -2.26. The third kappa shape index (κ3) is 7.70. The first-order valence-electron chi connectivity index (χ1n) is 14.5. The minimum Gasteiger partial charge on any atom is -0.497 e. The van der Waals surface area contributed by atoms with Crippen LogP contribution in [-0.4, -0.2) is 63.6 Å². The first-order chi connectivity index (χ1) is 21.1. The Labute approximate surface area is 253 Å². The fourth-order valence-electron chi connectivity index (χ4n) is 4.88. The van der Waals surface area contributed by atoms with Crippen molar-refractivity contribution in [3.8, 4) is 11.4 Å². The highest BCUT2D eigenvalue weighted by atomic mass is 19.4. The molecule has 13 heteroatoms. The molecule has 2 N–H and O–H groups in total. The zero-order chi connectivity index (χ0) is 31.9. The number of amides is 1. The van der Waals surface area contributed by atoms with E-state index in [4.69, 9.17) is 4.74 Å². The van der Waals surface area contributed by atoms with Crippen molar-refractivity contribution in [2.45, 2.75) is 46.2 Å². The molecule has 4 aromatic rings. The van der Waals surface area contributed by atoms with E-state index in [1.165, 1.54) is 35.9 Å². The van der Waals surface area contributed by atoms with E-state index in [9.17, 15) is 22.8 Å². The molecule has 0 spiro atoms. The van der Waals surface area contributed by atoms with Gasteiger partial charge in [-0.05, 0) is 63.2 Å². The van der Waals surface area contributed by atoms with Gasteiger partial charge < -0.3 is 20.3 Å². The minimum absolute atomic E-state index is 0.173. The Balaban J connectivity index is 1.60. The first-order valence-corrected chi connectivity index (χ1v) is 14.5. The third-order valence-corrected chi connectivity index (χ3v) is 7.25. The summed E-state index contributed by atoms with van der Waals surface area (Å²) < 4.78 is 46.3. The van der Waals surface area contributed by atoms with Gasteiger partial charge in [0, 0.05) is 41.8 Å². The number of hydrogen-bond donors (Lipinski definition) is 2. The van der Waals surface area contributed by atoms with E-state index in [0.717, 1.165) is 44.6 Å². The van der Waals surface area contributed by atoms with Gasteiger partial charge in [0.1, 0.15) is 5.75 Å². The zero-order valence-electron chi connectivity index (χ0n) is 25.2. The van der Waals surface area contributed by atoms with Crippen molar-refractivity contribution in [1.82, 2.24) is 24.4 Å². The Bertz CT molecular complexity index is 1670. The van der Waals surface area contributed by atoms with Crippen LogP contribution in [0.5, 0.6) is 5.75 Å². The SMILES string of the molecule is CCc1c2cnc(NCCCCN(CC)CC)nc2nc(=O)n1-c1cc(NC(=O)c2cccc(C(F)(F)F)c2)cc(OC)c1. The number of benzene rings is 2. The predicted molar refractivity (Wildman–Crippen MR) is 164 cm³/mol. The van der Waals surface area contributed by atoms with Gasteiger partial charge in [-0.15, -0.1) is 0 Å². The van der Waals surface area contributed by atoms with E-state index < -0.39 is 23.3 Å². The zero-order valence-corrected chi connectivity index (χ0v) is 25.2. The molecule has 10 nitrogen and oxygen atoms in total. The van der Waals surface area contributed by atoms with Crippen molar-refractivity contribution in [1.29, 1.82) is 0 Å². The van der Waals surface area contributed by atoms with Crippen molar-refractivity contribution in [2.75, 3.05) is 43.9 Å². The lowest BCUT2D eigenvalue weighted by molar-refractivity contribution is -0.137. The van der Waals surface area contributed by atoms with Gasteiger partial charge in [0.2, 0.25) is 5.95 Å². The highest BCUT2D eigenvalue weighted by Gasteiger charge is 2.31. The van der Waals surface area contributed by atoms with E-state index in [2.05, 4.69) is 44.3 Å². The van der Waals surface area contributed by atoms with Crippen molar-refractivity contribution < 1.29 is 22.7 Å². The average molecular weight is 612 g/mol. The van der Waals surface area contributed by atoms with E-state index >= 15 is 0 Å². The van der Waals surface area contributed by atoms with Crippen LogP contribution in [0, 0.1) is 0 Å². The summed E-state index contributed by atoms with van der Waals surface area (Å²) in [5.74, 6) is -0.0582. The van der Waals surface area contributed by atoms with Gasteiger partial charge in [0.15, 0.2) is 5.65 Å². The molecule has 0 unspecified atom stereocenters. The summed E-state index contributed by atoms with van der Waals surface area (Å²) in [4.78, 5) is 41.7. The number of nitrogens with one attached hydrogen (secondary N) is 2. The molecule has 0 aliphatic carbocycles. The molecule has 0 bridgehead atoms. The molecule has 2 heterocycles. The number of anilines is 2. The van der Waals surface area contributed by atoms with Crippen LogP contribution in [0.4, 0.5) is 24.8 Å². The summed E-state index contributed by atoms with van der Waals surface area (Å²) in [6, 6.07) is 8.75. The van der Waals surface area contributed by atoms with Crippen LogP contribution in [0.3, 0.4) is 0 Å². The second-order valence-electron chi connectivity index (χ2n) is 10.1. The molecule has 234 valence electrons. The number of carbonyl (C=O) groups is 1. The van der Waals surface area contributed by atoms with E-state index in [1.54, 1.807) is 12.3 Å². The second-order valence-corrected chi connectivity index (χ2v) is 10.1. The molecule has 0 aliphatic rings. The quantitative estimate of drug-likeness (QED) is 0.189. The molecule has 0 saturated carbocycles. The van der Waals surface area contributed by atoms with Gasteiger partial charge in [-0.25, -0.2) is 9.78 Å². The third-order valence-electron chi connectivity index (χ3n) is 7.25. The van der Waals surface area contributed by atoms with Crippen LogP contribution in [0.2, 0.25) is 0 Å². The molecular formula is C31H36F3N7O3. The van der Waals surface area contributed by atoms with Gasteiger partial charge in [-0.2, -0.15) is 23.1 Å². The number of halogens is 3. The number of ether oxygens (including phenoxy) is 1. The molecule has 0 atom stereocenters. The number of alkyl halides is 3. The van der Waals surface area contributed by atoms with Crippen LogP contribution < -0.4 is 21.1 Å². The van der Waals surface area contributed by atoms with Gasteiger partial charge in [0.05, 0.1) is 23.7 Å². The summed E-state index contributed by atoms with van der Waals surface area (Å²) >= 11 is 0. The molecule has 4 rings (SSSR count). The number of hydrogen-bond acceptors (Lipinski definition) is 8. The van der Waals surface area contributed by atoms with E-state index in [1.807, 2.05) is 6.92 Å². The molecule has 1 amide bonds. The molecule has 2 aromatic carbocycles. The molecule has 0 radical (unpaired) electrons. The lowest BCUT2D eigenvalue weighted by Gasteiger charge is -2.17. The maximum Gasteiger partial charge on any atom is 0.416 e. The number of fused-ring (bicyclic) bond motifs is 1. The maximum absolute atomic E-state index is 13.4. The predicted octanol–water partition coefficient (Wildman–Crippen LogP) is 5.55. The van der Waals surface area contributed by atoms with Gasteiger partial charge in [-0.3, -0.25) is 9.36 Å². The van der Waals surface area contributed by atoms with Crippen LogP contribution in [0.15, 0.2) is 53.5 Å². The fraction of sp³-hybridized carbons (Fsp3) is 0.387. The lowest BCUT2D eigenvalue weighted by atomic mass is 10.1. The van der Waals surface area contributed by atoms with Crippen LogP contribution in [0.1, 0.15) is 55.2 Å². The fourth-order valence-corrected chi connectivity index (χ4v) is 4.88. The summed E-state index contributed by atoms with van der Waals surface area (Å²) in [7, 11) is 1.42. The van der Waals surface area contributed by atoms with Gasteiger partial charge >= 0.3 is 11.9 Å². The Morgan fingerprint density at radius 2 is 1.82 bits per heavy atom. The monoisotopic (exact) mass is 611 g/mol. The molecular weight excluding hydrogens is 575 g/mol. The van der Waals surface area contributed by atoms with Crippen molar-refractivity contribution in [3.63, 3.8) is 0 Å². The Kier molecular flexibility index (Phi) is 10.5.